The molecule has 0 aromatic rings. The van der Waals surface area contributed by atoms with Gasteiger partial charge in [-0.2, -0.15) is 0 Å². The number of carboxylic acids is 1. The van der Waals surface area contributed by atoms with Crippen LogP contribution in [0, 0.1) is 11.8 Å². The number of hydroxylamine groups is 2. The van der Waals surface area contributed by atoms with Gasteiger partial charge < -0.3 is 30.5 Å². The number of carboxylic acid groups (broad SMARTS) is 1. The van der Waals surface area contributed by atoms with Gasteiger partial charge in [0, 0.05) is 26.1 Å². The quantitative estimate of drug-likeness (QED) is 0.0791. The zero-order valence-corrected chi connectivity index (χ0v) is 32.6. The Morgan fingerprint density at radius 3 is 1.95 bits per heavy atom. The Labute approximate surface area is 320 Å². The fourth-order valence-electron chi connectivity index (χ4n) is 7.67. The summed E-state index contributed by atoms with van der Waals surface area (Å²) in [5, 5.41) is 60.3. The van der Waals surface area contributed by atoms with Crippen molar-refractivity contribution in [2.24, 2.45) is 11.8 Å². The Bertz CT molecular complexity index is 1440. The fraction of sp³-hybridized carbons (Fsp3) is 0.829. The summed E-state index contributed by atoms with van der Waals surface area (Å²) in [4.78, 5) is 81.1. The van der Waals surface area contributed by atoms with Gasteiger partial charge in [0.05, 0.1) is 12.2 Å². The minimum Gasteiger partial charge on any atom is -0.480 e. The maximum Gasteiger partial charge on any atom is 0.328 e. The zero-order valence-electron chi connectivity index (χ0n) is 32.6. The van der Waals surface area contributed by atoms with Gasteiger partial charge in [0.1, 0.15) is 30.2 Å². The molecular formula is C35H60N8O12. The van der Waals surface area contributed by atoms with Crippen LogP contribution in [-0.4, -0.2) is 155 Å². The van der Waals surface area contributed by atoms with Gasteiger partial charge in [-0.1, -0.05) is 27.2 Å². The molecule has 4 aliphatic heterocycles. The SMILES string of the molecule is CC[C@H]1CC[C@](O)([C@](C)(O)C(=O)N[C@H](C(=O)N2NCCC[C@@H]2C(=O)N(O)[C@@H](C)C(=O)N2NCCC[C@@H]2C(=O)N2NCCC[C@H]2C(=O)O)[C@@H](O)C(C)C)O[C@@H]1C. The molecule has 0 unspecified atom stereocenters. The van der Waals surface area contributed by atoms with Crippen LogP contribution >= 0.6 is 0 Å². The van der Waals surface area contributed by atoms with Gasteiger partial charge >= 0.3 is 5.97 Å². The summed E-state index contributed by atoms with van der Waals surface area (Å²) in [7, 11) is 0. The number of rotatable bonds is 12. The molecule has 4 aliphatic rings. The molecule has 0 aromatic heterocycles. The molecule has 10 atom stereocenters. The highest BCUT2D eigenvalue weighted by molar-refractivity contribution is 5.96. The normalized spacial score (nSPS) is 30.5. The maximum atomic E-state index is 14.2. The van der Waals surface area contributed by atoms with Crippen molar-refractivity contribution in [3.63, 3.8) is 0 Å². The Morgan fingerprint density at radius 1 is 0.891 bits per heavy atom. The first-order chi connectivity index (χ1) is 25.8. The molecule has 312 valence electrons. The highest BCUT2D eigenvalue weighted by Gasteiger charge is 2.57. The molecule has 4 heterocycles. The Hall–Kier alpha value is -3.50. The second-order valence-electron chi connectivity index (χ2n) is 15.6. The fourth-order valence-corrected chi connectivity index (χ4v) is 7.67. The van der Waals surface area contributed by atoms with Crippen molar-refractivity contribution < 1.29 is 59.1 Å². The second kappa shape index (κ2) is 18.2. The molecule has 0 bridgehead atoms. The molecular weight excluding hydrogens is 724 g/mol. The molecule has 55 heavy (non-hydrogen) atoms. The van der Waals surface area contributed by atoms with Crippen molar-refractivity contribution in [2.45, 2.75) is 153 Å². The number of amides is 5. The van der Waals surface area contributed by atoms with Crippen molar-refractivity contribution in [1.82, 2.24) is 41.7 Å². The number of carbonyl (C=O) groups excluding carboxylic acids is 5. The zero-order chi connectivity index (χ0) is 41.0. The third-order valence-corrected chi connectivity index (χ3v) is 11.5. The van der Waals surface area contributed by atoms with Crippen molar-refractivity contribution in [3.05, 3.63) is 0 Å². The lowest BCUT2D eigenvalue weighted by atomic mass is 9.81. The van der Waals surface area contributed by atoms with Crippen LogP contribution in [0.5, 0.6) is 0 Å². The first-order valence-corrected chi connectivity index (χ1v) is 19.3. The number of nitrogens with zero attached hydrogens (tertiary/aromatic N) is 4. The first-order valence-electron chi connectivity index (χ1n) is 19.3. The van der Waals surface area contributed by atoms with E-state index in [9.17, 15) is 54.4 Å². The smallest absolute Gasteiger partial charge is 0.328 e. The summed E-state index contributed by atoms with van der Waals surface area (Å²) in [5.74, 6) is -8.85. The summed E-state index contributed by atoms with van der Waals surface area (Å²) in [6.45, 7) is 9.98. The molecule has 0 aromatic carbocycles. The van der Waals surface area contributed by atoms with E-state index in [2.05, 4.69) is 21.6 Å². The van der Waals surface area contributed by atoms with E-state index in [0.29, 0.717) is 32.2 Å². The number of hydrogen-bond acceptors (Lipinski definition) is 14. The Morgan fingerprint density at radius 2 is 1.42 bits per heavy atom. The van der Waals surface area contributed by atoms with Gasteiger partial charge in [-0.3, -0.25) is 44.2 Å². The van der Waals surface area contributed by atoms with Crippen molar-refractivity contribution in [3.8, 4) is 0 Å². The van der Waals surface area contributed by atoms with Crippen LogP contribution in [0.4, 0.5) is 0 Å². The topological polar surface area (TPSA) is 274 Å². The van der Waals surface area contributed by atoms with Crippen LogP contribution in [0.25, 0.3) is 0 Å². The van der Waals surface area contributed by atoms with Gasteiger partial charge in [-0.15, -0.1) is 0 Å². The lowest BCUT2D eigenvalue weighted by Gasteiger charge is -2.47. The summed E-state index contributed by atoms with van der Waals surface area (Å²) < 4.78 is 5.77. The highest BCUT2D eigenvalue weighted by atomic mass is 16.6. The van der Waals surface area contributed by atoms with E-state index in [0.717, 1.165) is 28.4 Å². The number of hydrogen-bond donors (Lipinski definition) is 9. The average molecular weight is 785 g/mol. The molecule has 20 heteroatoms. The number of aliphatic hydroxyl groups is 3. The standard InChI is InChI=1S/C35H60N8O12/c1-7-22-14-15-35(53,55-21(22)5)34(6,52)33(51)39-26(27(44)19(2)3)31(48)41-24(12-9-17-37-41)30(47)43(54)20(4)28(45)40-23(11-8-16-36-40)29(46)42-25(32(49)50)13-10-18-38-42/h19-27,36-38,44,52-54H,7-18H2,1-6H3,(H,39,51)(H,49,50)/t20-,21+,22-,23+,24+,25-,26-,27-,34+,35+/m0/s1. The van der Waals surface area contributed by atoms with Crippen LogP contribution in [0.1, 0.15) is 99.3 Å². The van der Waals surface area contributed by atoms with Gasteiger partial charge in [0.15, 0.2) is 5.60 Å². The van der Waals surface area contributed by atoms with Crippen molar-refractivity contribution in [2.75, 3.05) is 19.6 Å². The summed E-state index contributed by atoms with van der Waals surface area (Å²) in [5.41, 5.74) is 5.87. The van der Waals surface area contributed by atoms with Crippen molar-refractivity contribution in [1.29, 1.82) is 0 Å². The third kappa shape index (κ3) is 9.22. The average Bonchev–Trinajstić information content (AvgIpc) is 3.17. The number of aliphatic carboxylic acids is 1. The molecule has 4 fully saturated rings. The molecule has 0 aliphatic carbocycles. The monoisotopic (exact) mass is 784 g/mol. The first kappa shape index (κ1) is 44.2. The lowest BCUT2D eigenvalue weighted by Crippen LogP contribution is -2.70. The van der Waals surface area contributed by atoms with E-state index in [1.165, 1.54) is 6.92 Å². The van der Waals surface area contributed by atoms with Gasteiger partial charge in [0.2, 0.25) is 5.79 Å². The molecule has 9 N–H and O–H groups in total. The van der Waals surface area contributed by atoms with Crippen molar-refractivity contribution >= 4 is 35.5 Å². The minimum absolute atomic E-state index is 0.00998. The maximum absolute atomic E-state index is 14.2. The second-order valence-corrected chi connectivity index (χ2v) is 15.6. The third-order valence-electron chi connectivity index (χ3n) is 11.5. The van der Waals surface area contributed by atoms with E-state index in [-0.39, 0.29) is 49.8 Å². The van der Waals surface area contributed by atoms with Crippen LogP contribution in [0.15, 0.2) is 0 Å². The van der Waals surface area contributed by atoms with E-state index in [1.54, 1.807) is 20.8 Å². The van der Waals surface area contributed by atoms with E-state index in [1.807, 2.05) is 6.92 Å². The van der Waals surface area contributed by atoms with Crippen LogP contribution in [-0.2, 0) is 33.5 Å². The lowest BCUT2D eigenvalue weighted by molar-refractivity contribution is -0.325. The van der Waals surface area contributed by atoms with E-state index < -0.39 is 95.2 Å². The molecule has 5 amide bonds. The molecule has 0 radical (unpaired) electrons. The van der Waals surface area contributed by atoms with E-state index in [4.69, 9.17) is 4.74 Å². The van der Waals surface area contributed by atoms with Gasteiger partial charge in [-0.05, 0) is 77.6 Å². The summed E-state index contributed by atoms with van der Waals surface area (Å²) in [6, 6.07) is -7.07. The van der Waals surface area contributed by atoms with Crippen LogP contribution in [0.2, 0.25) is 0 Å². The van der Waals surface area contributed by atoms with E-state index >= 15 is 0 Å². The summed E-state index contributed by atoms with van der Waals surface area (Å²) >= 11 is 0. The predicted octanol–water partition coefficient (Wildman–Crippen LogP) is -1.67. The number of nitrogens with one attached hydrogen (secondary N) is 4. The van der Waals surface area contributed by atoms with Crippen LogP contribution in [0.3, 0.4) is 0 Å². The van der Waals surface area contributed by atoms with Gasteiger partial charge in [-0.25, -0.2) is 26.1 Å². The summed E-state index contributed by atoms with van der Waals surface area (Å²) in [6.07, 6.45) is 0.879. The van der Waals surface area contributed by atoms with Crippen LogP contribution < -0.4 is 21.6 Å². The number of ether oxygens (including phenoxy) is 1. The molecule has 20 nitrogen and oxygen atoms in total. The minimum atomic E-state index is -2.57. The predicted molar refractivity (Wildman–Crippen MR) is 191 cm³/mol. The number of hydrazine groups is 3. The highest BCUT2D eigenvalue weighted by Crippen LogP contribution is 2.39. The number of aliphatic hydroxyl groups excluding tert-OH is 1. The Balaban J connectivity index is 1.52. The largest absolute Gasteiger partial charge is 0.480 e. The molecule has 0 spiro atoms. The van der Waals surface area contributed by atoms with Gasteiger partial charge in [0.25, 0.3) is 29.5 Å². The number of carbonyl (C=O) groups is 6. The molecule has 4 rings (SSSR count). The molecule has 0 saturated carbocycles. The molecule has 4 saturated heterocycles. The Kier molecular flexibility index (Phi) is 14.6.